The summed E-state index contributed by atoms with van der Waals surface area (Å²) in [5.74, 6) is -1.63. The summed E-state index contributed by atoms with van der Waals surface area (Å²) >= 11 is 1.45. The van der Waals surface area contributed by atoms with E-state index in [1.807, 2.05) is 35.8 Å². The summed E-state index contributed by atoms with van der Waals surface area (Å²) in [5, 5.41) is -0.446. The van der Waals surface area contributed by atoms with Gasteiger partial charge in [-0.05, 0) is 25.1 Å². The number of hydrogen-bond acceptors (Lipinski definition) is 4. The quantitative estimate of drug-likeness (QED) is 0.563. The fraction of sp³-hybridized carbons (Fsp3) is 0.280. The Balaban J connectivity index is 1.73. The molecule has 33 heavy (non-hydrogen) atoms. The average Bonchev–Trinajstić information content (AvgIpc) is 2.96. The summed E-state index contributed by atoms with van der Waals surface area (Å²) in [7, 11) is 0. The molecule has 0 saturated carbocycles. The number of carbonyl (C=O) groups excluding carboxylic acids is 1. The number of thioether (sulfide) groups is 1. The maximum atomic E-state index is 14.8. The van der Waals surface area contributed by atoms with Crippen LogP contribution in [0.15, 0.2) is 58.2 Å². The Hall–Kier alpha value is -2.97. The fourth-order valence-corrected chi connectivity index (χ4v) is 5.83. The van der Waals surface area contributed by atoms with Crippen molar-refractivity contribution >= 4 is 17.7 Å². The molecule has 2 aromatic carbocycles. The Morgan fingerprint density at radius 3 is 2.61 bits per heavy atom. The molecule has 5 nitrogen and oxygen atoms in total. The molecule has 2 aliphatic rings. The van der Waals surface area contributed by atoms with Crippen molar-refractivity contribution in [1.82, 2.24) is 9.47 Å². The van der Waals surface area contributed by atoms with Crippen LogP contribution < -0.4 is 5.43 Å². The van der Waals surface area contributed by atoms with E-state index in [0.717, 1.165) is 16.6 Å². The Bertz CT molecular complexity index is 1300. The van der Waals surface area contributed by atoms with Crippen LogP contribution in [0.1, 0.15) is 32.6 Å². The van der Waals surface area contributed by atoms with E-state index in [2.05, 4.69) is 0 Å². The smallest absolute Gasteiger partial charge is 0.259 e. The van der Waals surface area contributed by atoms with Gasteiger partial charge in [0.25, 0.3) is 5.91 Å². The number of halogens is 2. The van der Waals surface area contributed by atoms with E-state index in [1.54, 1.807) is 4.90 Å². The highest BCUT2D eigenvalue weighted by molar-refractivity contribution is 7.99. The van der Waals surface area contributed by atoms with Crippen LogP contribution in [-0.4, -0.2) is 41.7 Å². The highest BCUT2D eigenvalue weighted by Crippen LogP contribution is 2.45. The van der Waals surface area contributed by atoms with Gasteiger partial charge in [0.05, 0.1) is 18.9 Å². The molecule has 2 aliphatic heterocycles. The first-order valence-electron chi connectivity index (χ1n) is 10.8. The van der Waals surface area contributed by atoms with Crippen LogP contribution in [0.2, 0.25) is 0 Å². The molecule has 0 spiro atoms. The van der Waals surface area contributed by atoms with Crippen molar-refractivity contribution in [1.29, 1.82) is 0 Å². The predicted molar refractivity (Wildman–Crippen MR) is 122 cm³/mol. The lowest BCUT2D eigenvalue weighted by molar-refractivity contribution is 0.0300. The lowest BCUT2D eigenvalue weighted by atomic mass is 10.0. The maximum Gasteiger partial charge on any atom is 0.259 e. The van der Waals surface area contributed by atoms with Crippen LogP contribution in [0.4, 0.5) is 8.78 Å². The van der Waals surface area contributed by atoms with Gasteiger partial charge >= 0.3 is 0 Å². The number of fused-ring (bicyclic) bond motifs is 3. The van der Waals surface area contributed by atoms with Crippen LogP contribution in [0.25, 0.3) is 5.69 Å². The van der Waals surface area contributed by atoms with Crippen LogP contribution >= 0.6 is 11.8 Å². The van der Waals surface area contributed by atoms with Gasteiger partial charge in [-0.25, -0.2) is 8.78 Å². The van der Waals surface area contributed by atoms with Gasteiger partial charge in [0.2, 0.25) is 0 Å². The second kappa shape index (κ2) is 8.76. The molecule has 0 aliphatic carbocycles. The topological polar surface area (TPSA) is 51.5 Å². The van der Waals surface area contributed by atoms with Crippen molar-refractivity contribution < 1.29 is 18.3 Å². The van der Waals surface area contributed by atoms with Gasteiger partial charge in [0.15, 0.2) is 5.43 Å². The molecule has 1 unspecified atom stereocenters. The number of aromatic nitrogens is 1. The Labute approximate surface area is 194 Å². The van der Waals surface area contributed by atoms with E-state index >= 15 is 0 Å². The van der Waals surface area contributed by atoms with Crippen molar-refractivity contribution in [3.63, 3.8) is 0 Å². The van der Waals surface area contributed by atoms with E-state index in [-0.39, 0.29) is 23.3 Å². The number of ether oxygens (including phenoxy) is 1. The summed E-state index contributed by atoms with van der Waals surface area (Å²) in [6, 6.07) is 12.7. The average molecular weight is 469 g/mol. The van der Waals surface area contributed by atoms with Crippen molar-refractivity contribution in [2.24, 2.45) is 0 Å². The minimum atomic E-state index is -0.647. The number of hydrogen-bond donors (Lipinski definition) is 0. The molecule has 1 atom stereocenters. The molecule has 1 saturated heterocycles. The van der Waals surface area contributed by atoms with Gasteiger partial charge in [0, 0.05) is 58.7 Å². The van der Waals surface area contributed by atoms with Crippen LogP contribution in [0, 0.1) is 18.6 Å². The number of aryl methyl sites for hydroxylation is 1. The molecule has 3 aromatic rings. The Morgan fingerprint density at radius 2 is 1.85 bits per heavy atom. The third kappa shape index (κ3) is 3.98. The molecule has 5 rings (SSSR count). The zero-order chi connectivity index (χ0) is 23.1. The molecule has 0 N–H and O–H groups in total. The van der Waals surface area contributed by atoms with Crippen molar-refractivity contribution in [3.05, 3.63) is 92.9 Å². The van der Waals surface area contributed by atoms with Gasteiger partial charge in [-0.2, -0.15) is 0 Å². The summed E-state index contributed by atoms with van der Waals surface area (Å²) < 4.78 is 35.7. The van der Waals surface area contributed by atoms with Crippen molar-refractivity contribution in [2.45, 2.75) is 23.5 Å². The highest BCUT2D eigenvalue weighted by atomic mass is 32.2. The minimum absolute atomic E-state index is 0.104. The highest BCUT2D eigenvalue weighted by Gasteiger charge is 2.32. The molecule has 1 aromatic heterocycles. The number of rotatable bonds is 2. The molecule has 1 amide bonds. The van der Waals surface area contributed by atoms with Crippen molar-refractivity contribution in [2.75, 3.05) is 26.3 Å². The van der Waals surface area contributed by atoms with E-state index in [1.165, 1.54) is 30.0 Å². The second-order valence-corrected chi connectivity index (χ2v) is 9.40. The SMILES string of the molecule is Cc1cc(=O)c(C(=O)N2CCOCC2)c2n1-c1ccccc1SC(c1ccc(F)cc1F)C2. The fourth-order valence-electron chi connectivity index (χ4n) is 4.52. The van der Waals surface area contributed by atoms with E-state index in [0.29, 0.717) is 43.3 Å². The van der Waals surface area contributed by atoms with Crippen LogP contribution in [-0.2, 0) is 11.2 Å². The first-order valence-corrected chi connectivity index (χ1v) is 11.7. The van der Waals surface area contributed by atoms with Gasteiger partial charge in [-0.3, -0.25) is 9.59 Å². The lowest BCUT2D eigenvalue weighted by Gasteiger charge is -2.28. The number of benzene rings is 2. The molecule has 0 bridgehead atoms. The molecular formula is C25H22F2N2O3S. The number of para-hydroxylation sites is 1. The summed E-state index contributed by atoms with van der Waals surface area (Å²) in [5.41, 5.74) is 2.16. The normalized spacial score (nSPS) is 17.8. The zero-order valence-corrected chi connectivity index (χ0v) is 18.8. The minimum Gasteiger partial charge on any atom is -0.378 e. The summed E-state index contributed by atoms with van der Waals surface area (Å²) in [4.78, 5) is 29.2. The van der Waals surface area contributed by atoms with Crippen LogP contribution in [0.3, 0.4) is 0 Å². The van der Waals surface area contributed by atoms with Gasteiger partial charge < -0.3 is 14.2 Å². The predicted octanol–water partition coefficient (Wildman–Crippen LogP) is 4.29. The first-order chi connectivity index (χ1) is 15.9. The largest absolute Gasteiger partial charge is 0.378 e. The van der Waals surface area contributed by atoms with Crippen molar-refractivity contribution in [3.8, 4) is 5.69 Å². The monoisotopic (exact) mass is 468 g/mol. The number of morpholine rings is 1. The number of pyridine rings is 1. The molecule has 8 heteroatoms. The van der Waals surface area contributed by atoms with E-state index < -0.39 is 16.9 Å². The standard InChI is InChI=1S/C25H22F2N2O3S/c1-15-12-21(30)24(25(31)28-8-10-32-11-9-28)20-14-23(17-7-6-16(26)13-18(17)27)33-22-5-3-2-4-19(22)29(15)20/h2-7,12-13,23H,8-11,14H2,1H3. The van der Waals surface area contributed by atoms with Gasteiger partial charge in [-0.1, -0.05) is 18.2 Å². The Kier molecular flexibility index (Phi) is 5.80. The maximum absolute atomic E-state index is 14.8. The third-order valence-electron chi connectivity index (χ3n) is 6.07. The zero-order valence-electron chi connectivity index (χ0n) is 18.0. The molecule has 1 fully saturated rings. The molecule has 170 valence electrons. The molecule has 0 radical (unpaired) electrons. The number of carbonyl (C=O) groups is 1. The van der Waals surface area contributed by atoms with Gasteiger partial charge in [0.1, 0.15) is 17.2 Å². The van der Waals surface area contributed by atoms with Gasteiger partial charge in [-0.15, -0.1) is 11.8 Å². The third-order valence-corrected chi connectivity index (χ3v) is 7.38. The number of nitrogens with zero attached hydrogens (tertiary/aromatic N) is 2. The lowest BCUT2D eigenvalue weighted by Crippen LogP contribution is -2.43. The summed E-state index contributed by atoms with van der Waals surface area (Å²) in [6.07, 6.45) is 0.240. The molecular weight excluding hydrogens is 446 g/mol. The first kappa shape index (κ1) is 21.9. The molecule has 3 heterocycles. The van der Waals surface area contributed by atoms with Crippen LogP contribution in [0.5, 0.6) is 0 Å². The summed E-state index contributed by atoms with van der Waals surface area (Å²) in [6.45, 7) is 3.49. The van der Waals surface area contributed by atoms with E-state index in [9.17, 15) is 18.4 Å². The van der Waals surface area contributed by atoms with E-state index in [4.69, 9.17) is 4.74 Å². The Morgan fingerprint density at radius 1 is 1.09 bits per heavy atom. The second-order valence-electron chi connectivity index (χ2n) is 8.16. The number of amides is 1.